The number of fused-ring (bicyclic) bond motifs is 1. The largest absolute Gasteiger partial charge is 0.493 e. The van der Waals surface area contributed by atoms with Crippen LogP contribution < -0.4 is 9.64 Å². The lowest BCUT2D eigenvalue weighted by Gasteiger charge is -2.19. The minimum Gasteiger partial charge on any atom is -0.493 e. The lowest BCUT2D eigenvalue weighted by molar-refractivity contribution is -0.117. The number of para-hydroxylation sites is 3. The van der Waals surface area contributed by atoms with Gasteiger partial charge in [-0.05, 0) is 73.2 Å². The van der Waals surface area contributed by atoms with Crippen LogP contribution in [0.15, 0.2) is 66.7 Å². The average molecular weight is 482 g/mol. The first-order valence-electron chi connectivity index (χ1n) is 13.0. The zero-order valence-corrected chi connectivity index (χ0v) is 21.7. The molecule has 0 N–H and O–H groups in total. The van der Waals surface area contributed by atoms with Gasteiger partial charge in [-0.25, -0.2) is 4.98 Å². The van der Waals surface area contributed by atoms with Crippen LogP contribution >= 0.6 is 0 Å². The normalized spacial score (nSPS) is 15.9. The molecule has 3 aromatic carbocycles. The number of carbonyl (C=O) groups is 1. The molecular formula is C31H35N3O2. The van der Waals surface area contributed by atoms with Crippen molar-refractivity contribution in [3.05, 3.63) is 89.2 Å². The van der Waals surface area contributed by atoms with Crippen LogP contribution in [0.25, 0.3) is 11.0 Å². The molecule has 1 unspecified atom stereocenters. The number of aromatic nitrogens is 2. The summed E-state index contributed by atoms with van der Waals surface area (Å²) in [6.07, 6.45) is 1.34. The van der Waals surface area contributed by atoms with Crippen LogP contribution in [-0.2, 0) is 11.3 Å². The molecule has 186 valence electrons. The smallest absolute Gasteiger partial charge is 0.227 e. The monoisotopic (exact) mass is 481 g/mol. The molecule has 0 aliphatic carbocycles. The van der Waals surface area contributed by atoms with Gasteiger partial charge in [0.25, 0.3) is 0 Å². The highest BCUT2D eigenvalue weighted by Crippen LogP contribution is 2.34. The maximum absolute atomic E-state index is 13.1. The van der Waals surface area contributed by atoms with Crippen molar-refractivity contribution in [2.45, 2.75) is 58.9 Å². The summed E-state index contributed by atoms with van der Waals surface area (Å²) < 4.78 is 8.49. The minimum absolute atomic E-state index is 0.0640. The van der Waals surface area contributed by atoms with Gasteiger partial charge in [0.05, 0.1) is 17.6 Å². The molecule has 0 radical (unpaired) electrons. The Balaban J connectivity index is 1.34. The average Bonchev–Trinajstić information content (AvgIpc) is 3.44. The quantitative estimate of drug-likeness (QED) is 0.261. The molecule has 1 aromatic heterocycles. The first-order valence-corrected chi connectivity index (χ1v) is 13.0. The van der Waals surface area contributed by atoms with Gasteiger partial charge in [0, 0.05) is 31.1 Å². The van der Waals surface area contributed by atoms with Gasteiger partial charge in [0.2, 0.25) is 5.91 Å². The lowest BCUT2D eigenvalue weighted by Crippen LogP contribution is -2.24. The first kappa shape index (κ1) is 24.1. The summed E-state index contributed by atoms with van der Waals surface area (Å²) in [4.78, 5) is 20.0. The Hall–Kier alpha value is -3.60. The molecule has 1 aliphatic rings. The van der Waals surface area contributed by atoms with Gasteiger partial charge in [0.15, 0.2) is 0 Å². The number of rotatable bonds is 8. The standard InChI is InChI=1S/C31H35N3O2/c1-21(2)26-10-5-8-13-29(26)36-17-9-16-33-28-12-7-6-11-27(28)32-31(33)24-19-30(35)34(20-24)25-15-14-22(3)23(4)18-25/h5-8,10-15,18,21,24H,9,16-17,19-20H2,1-4H3. The lowest BCUT2D eigenvalue weighted by atomic mass is 10.0. The fourth-order valence-electron chi connectivity index (χ4n) is 5.16. The van der Waals surface area contributed by atoms with E-state index in [1.807, 2.05) is 17.0 Å². The van der Waals surface area contributed by atoms with Crippen LogP contribution in [0, 0.1) is 13.8 Å². The van der Waals surface area contributed by atoms with E-state index in [-0.39, 0.29) is 11.8 Å². The molecule has 36 heavy (non-hydrogen) atoms. The summed E-state index contributed by atoms with van der Waals surface area (Å²) in [7, 11) is 0. The molecule has 5 nitrogen and oxygen atoms in total. The summed E-state index contributed by atoms with van der Waals surface area (Å²) >= 11 is 0. The van der Waals surface area contributed by atoms with E-state index >= 15 is 0 Å². The number of hydrogen-bond acceptors (Lipinski definition) is 3. The highest BCUT2D eigenvalue weighted by atomic mass is 16.5. The number of aryl methyl sites for hydroxylation is 3. The Labute approximate surface area is 213 Å². The Morgan fingerprint density at radius 3 is 2.58 bits per heavy atom. The van der Waals surface area contributed by atoms with Crippen molar-refractivity contribution in [1.82, 2.24) is 9.55 Å². The maximum atomic E-state index is 13.1. The van der Waals surface area contributed by atoms with Gasteiger partial charge >= 0.3 is 0 Å². The number of carbonyl (C=O) groups excluding carboxylic acids is 1. The van der Waals surface area contributed by atoms with Crippen LogP contribution in [0.4, 0.5) is 5.69 Å². The summed E-state index contributed by atoms with van der Waals surface area (Å²) in [5.41, 5.74) is 6.76. The third-order valence-corrected chi connectivity index (χ3v) is 7.30. The molecule has 1 atom stereocenters. The van der Waals surface area contributed by atoms with E-state index in [9.17, 15) is 4.79 Å². The van der Waals surface area contributed by atoms with Crippen molar-refractivity contribution in [2.75, 3.05) is 18.1 Å². The number of imidazole rings is 1. The Morgan fingerprint density at radius 2 is 1.78 bits per heavy atom. The Morgan fingerprint density at radius 1 is 1.00 bits per heavy atom. The van der Waals surface area contributed by atoms with E-state index < -0.39 is 0 Å². The van der Waals surface area contributed by atoms with Crippen molar-refractivity contribution in [3.8, 4) is 5.75 Å². The summed E-state index contributed by atoms with van der Waals surface area (Å²) in [5, 5.41) is 0. The minimum atomic E-state index is 0.0640. The van der Waals surface area contributed by atoms with Crippen LogP contribution in [0.5, 0.6) is 5.75 Å². The van der Waals surface area contributed by atoms with E-state index in [0.29, 0.717) is 25.5 Å². The summed E-state index contributed by atoms with van der Waals surface area (Å²) in [6.45, 7) is 10.7. The number of ether oxygens (including phenoxy) is 1. The van der Waals surface area contributed by atoms with Gasteiger partial charge in [-0.1, -0.05) is 50.2 Å². The SMILES string of the molecule is Cc1ccc(N2CC(c3nc4ccccc4n3CCCOc3ccccc3C(C)C)CC2=O)cc1C. The molecule has 1 amide bonds. The van der Waals surface area contributed by atoms with Gasteiger partial charge in [-0.3, -0.25) is 4.79 Å². The number of nitrogens with zero attached hydrogens (tertiary/aromatic N) is 3. The van der Waals surface area contributed by atoms with Crippen molar-refractivity contribution in [3.63, 3.8) is 0 Å². The van der Waals surface area contributed by atoms with Crippen molar-refractivity contribution in [2.24, 2.45) is 0 Å². The number of hydrogen-bond donors (Lipinski definition) is 0. The fraction of sp³-hybridized carbons (Fsp3) is 0.355. The van der Waals surface area contributed by atoms with E-state index in [0.717, 1.165) is 41.3 Å². The second-order valence-corrected chi connectivity index (χ2v) is 10.2. The second-order valence-electron chi connectivity index (χ2n) is 10.2. The summed E-state index contributed by atoms with van der Waals surface area (Å²) in [5.74, 6) is 2.61. The van der Waals surface area contributed by atoms with Crippen LogP contribution in [0.3, 0.4) is 0 Å². The number of amides is 1. The Bertz CT molecular complexity index is 1390. The maximum Gasteiger partial charge on any atom is 0.227 e. The fourth-order valence-corrected chi connectivity index (χ4v) is 5.16. The predicted molar refractivity (Wildman–Crippen MR) is 146 cm³/mol. The van der Waals surface area contributed by atoms with E-state index in [1.54, 1.807) is 0 Å². The molecule has 1 aliphatic heterocycles. The van der Waals surface area contributed by atoms with Gasteiger partial charge in [0.1, 0.15) is 11.6 Å². The zero-order chi connectivity index (χ0) is 25.2. The third-order valence-electron chi connectivity index (χ3n) is 7.30. The molecule has 4 aromatic rings. The van der Waals surface area contributed by atoms with E-state index in [2.05, 4.69) is 86.9 Å². The highest BCUT2D eigenvalue weighted by Gasteiger charge is 2.34. The van der Waals surface area contributed by atoms with Gasteiger partial charge in [-0.15, -0.1) is 0 Å². The molecule has 0 bridgehead atoms. The topological polar surface area (TPSA) is 47.4 Å². The predicted octanol–water partition coefficient (Wildman–Crippen LogP) is 6.77. The molecule has 2 heterocycles. The van der Waals surface area contributed by atoms with E-state index in [1.165, 1.54) is 16.7 Å². The van der Waals surface area contributed by atoms with E-state index in [4.69, 9.17) is 9.72 Å². The van der Waals surface area contributed by atoms with Crippen molar-refractivity contribution < 1.29 is 9.53 Å². The first-order chi connectivity index (χ1) is 17.4. The number of anilines is 1. The summed E-state index contributed by atoms with van der Waals surface area (Å²) in [6, 6.07) is 22.8. The molecule has 1 saturated heterocycles. The van der Waals surface area contributed by atoms with Crippen molar-refractivity contribution in [1.29, 1.82) is 0 Å². The van der Waals surface area contributed by atoms with Crippen LogP contribution in [-0.4, -0.2) is 28.6 Å². The van der Waals surface area contributed by atoms with Gasteiger partial charge in [-0.2, -0.15) is 0 Å². The van der Waals surface area contributed by atoms with Gasteiger partial charge < -0.3 is 14.2 Å². The molecule has 0 saturated carbocycles. The number of benzene rings is 3. The van der Waals surface area contributed by atoms with Crippen molar-refractivity contribution >= 4 is 22.6 Å². The zero-order valence-electron chi connectivity index (χ0n) is 21.7. The Kier molecular flexibility index (Phi) is 6.82. The molecule has 5 heteroatoms. The molecule has 1 fully saturated rings. The van der Waals surface area contributed by atoms with Crippen LogP contribution in [0.1, 0.15) is 61.0 Å². The second kappa shape index (κ2) is 10.2. The third kappa shape index (κ3) is 4.75. The molecular weight excluding hydrogens is 446 g/mol. The molecule has 5 rings (SSSR count). The van der Waals surface area contributed by atoms with Crippen LogP contribution in [0.2, 0.25) is 0 Å². The molecule has 0 spiro atoms. The highest BCUT2D eigenvalue weighted by molar-refractivity contribution is 5.96.